The van der Waals surface area contributed by atoms with Crippen LogP contribution in [0.5, 0.6) is 0 Å². The molecular weight excluding hydrogens is 132 g/mol. The van der Waals surface area contributed by atoms with Crippen LogP contribution in [0, 0.1) is 17.3 Å². The maximum absolute atomic E-state index is 2.48. The molecule has 0 aromatic heterocycles. The molecule has 0 N–H and O–H groups in total. The van der Waals surface area contributed by atoms with Gasteiger partial charge in [0, 0.05) is 0 Å². The third-order valence-electron chi connectivity index (χ3n) is 3.09. The second-order valence-electron chi connectivity index (χ2n) is 5.20. The van der Waals surface area contributed by atoms with E-state index in [1.807, 2.05) is 0 Å². The van der Waals surface area contributed by atoms with Gasteiger partial charge in [-0.1, -0.05) is 34.1 Å². The van der Waals surface area contributed by atoms with Crippen molar-refractivity contribution < 1.29 is 0 Å². The summed E-state index contributed by atoms with van der Waals surface area (Å²) >= 11 is 0. The van der Waals surface area contributed by atoms with Crippen LogP contribution in [0.1, 0.15) is 53.4 Å². The van der Waals surface area contributed by atoms with Crippen LogP contribution in [0.25, 0.3) is 0 Å². The Hall–Kier alpha value is 0. The fourth-order valence-corrected chi connectivity index (χ4v) is 2.38. The van der Waals surface area contributed by atoms with E-state index in [2.05, 4.69) is 34.1 Å². The molecule has 1 aliphatic carbocycles. The SMILES string of the molecule is CCC1(C)C[CH]CC(C)(C)C1. The van der Waals surface area contributed by atoms with Crippen LogP contribution in [0.2, 0.25) is 0 Å². The van der Waals surface area contributed by atoms with Crippen LogP contribution in [0.3, 0.4) is 0 Å². The molecule has 1 radical (unpaired) electrons. The standard InChI is InChI=1S/C11H21/c1-5-11(4)8-6-7-10(2,3)9-11/h6H,5,7-9H2,1-4H3. The zero-order chi connectivity index (χ0) is 8.54. The van der Waals surface area contributed by atoms with E-state index < -0.39 is 0 Å². The van der Waals surface area contributed by atoms with Gasteiger partial charge in [-0.15, -0.1) is 0 Å². The van der Waals surface area contributed by atoms with Crippen LogP contribution < -0.4 is 0 Å². The highest BCUT2D eigenvalue weighted by Crippen LogP contribution is 2.46. The number of rotatable bonds is 1. The molecule has 1 atom stereocenters. The van der Waals surface area contributed by atoms with Gasteiger partial charge in [0.25, 0.3) is 0 Å². The first-order valence-electron chi connectivity index (χ1n) is 4.79. The molecule has 1 saturated carbocycles. The molecule has 1 unspecified atom stereocenters. The molecule has 1 aliphatic rings. The topological polar surface area (TPSA) is 0 Å². The molecule has 0 nitrogen and oxygen atoms in total. The maximum Gasteiger partial charge on any atom is -0.0321 e. The molecule has 0 aromatic rings. The summed E-state index contributed by atoms with van der Waals surface area (Å²) in [6, 6.07) is 0. The van der Waals surface area contributed by atoms with Gasteiger partial charge in [0.15, 0.2) is 0 Å². The van der Waals surface area contributed by atoms with Crippen molar-refractivity contribution in [1.82, 2.24) is 0 Å². The summed E-state index contributed by atoms with van der Waals surface area (Å²) in [6.45, 7) is 9.51. The number of hydrogen-bond donors (Lipinski definition) is 0. The Balaban J connectivity index is 2.59. The van der Waals surface area contributed by atoms with Gasteiger partial charge in [0.2, 0.25) is 0 Å². The van der Waals surface area contributed by atoms with Crippen LogP contribution in [0.15, 0.2) is 0 Å². The molecule has 0 amide bonds. The van der Waals surface area contributed by atoms with Gasteiger partial charge < -0.3 is 0 Å². The Kier molecular flexibility index (Phi) is 2.32. The predicted octanol–water partition coefficient (Wildman–Crippen LogP) is 3.82. The van der Waals surface area contributed by atoms with Gasteiger partial charge >= 0.3 is 0 Å². The fourth-order valence-electron chi connectivity index (χ4n) is 2.38. The van der Waals surface area contributed by atoms with Crippen molar-refractivity contribution in [2.75, 3.05) is 0 Å². The van der Waals surface area contributed by atoms with Crippen molar-refractivity contribution in [3.63, 3.8) is 0 Å². The average Bonchev–Trinajstić information content (AvgIpc) is 1.85. The summed E-state index contributed by atoms with van der Waals surface area (Å²) in [5, 5.41) is 0. The molecule has 0 aromatic carbocycles. The largest absolute Gasteiger partial charge is 0.0649 e. The van der Waals surface area contributed by atoms with Crippen LogP contribution in [-0.2, 0) is 0 Å². The minimum Gasteiger partial charge on any atom is -0.0649 e. The average molecular weight is 153 g/mol. The van der Waals surface area contributed by atoms with Crippen molar-refractivity contribution in [2.24, 2.45) is 10.8 Å². The second kappa shape index (κ2) is 2.80. The number of hydrogen-bond acceptors (Lipinski definition) is 0. The summed E-state index contributed by atoms with van der Waals surface area (Å²) in [5.74, 6) is 0. The van der Waals surface area contributed by atoms with Crippen LogP contribution >= 0.6 is 0 Å². The van der Waals surface area contributed by atoms with Gasteiger partial charge in [0.05, 0.1) is 0 Å². The lowest BCUT2D eigenvalue weighted by atomic mass is 9.63. The Morgan fingerprint density at radius 2 is 1.82 bits per heavy atom. The summed E-state index contributed by atoms with van der Waals surface area (Å²) in [6.07, 6.45) is 7.84. The second-order valence-corrected chi connectivity index (χ2v) is 5.20. The molecule has 11 heavy (non-hydrogen) atoms. The first kappa shape index (κ1) is 9.09. The van der Waals surface area contributed by atoms with Gasteiger partial charge in [0.1, 0.15) is 0 Å². The molecule has 0 saturated heterocycles. The van der Waals surface area contributed by atoms with Gasteiger partial charge in [-0.2, -0.15) is 0 Å². The summed E-state index contributed by atoms with van der Waals surface area (Å²) < 4.78 is 0. The molecule has 0 heterocycles. The first-order chi connectivity index (χ1) is 4.97. The Morgan fingerprint density at radius 3 is 2.18 bits per heavy atom. The Labute approximate surface area is 71.4 Å². The minimum atomic E-state index is 0.559. The van der Waals surface area contributed by atoms with E-state index in [1.54, 1.807) is 0 Å². The molecule has 0 bridgehead atoms. The lowest BCUT2D eigenvalue weighted by Crippen LogP contribution is -2.30. The van der Waals surface area contributed by atoms with E-state index in [9.17, 15) is 0 Å². The van der Waals surface area contributed by atoms with Gasteiger partial charge in [-0.05, 0) is 36.5 Å². The van der Waals surface area contributed by atoms with E-state index in [-0.39, 0.29) is 0 Å². The first-order valence-corrected chi connectivity index (χ1v) is 4.79. The Morgan fingerprint density at radius 1 is 1.18 bits per heavy atom. The van der Waals surface area contributed by atoms with Crippen LogP contribution in [0.4, 0.5) is 0 Å². The van der Waals surface area contributed by atoms with Gasteiger partial charge in [-0.3, -0.25) is 0 Å². The molecule has 1 rings (SSSR count). The van der Waals surface area contributed by atoms with E-state index >= 15 is 0 Å². The normalized spacial score (nSPS) is 37.1. The van der Waals surface area contributed by atoms with Crippen molar-refractivity contribution >= 4 is 0 Å². The third kappa shape index (κ3) is 2.21. The highest BCUT2D eigenvalue weighted by molar-refractivity contribution is 4.94. The molecule has 1 fully saturated rings. The minimum absolute atomic E-state index is 0.559. The zero-order valence-corrected chi connectivity index (χ0v) is 8.41. The van der Waals surface area contributed by atoms with E-state index in [4.69, 9.17) is 0 Å². The zero-order valence-electron chi connectivity index (χ0n) is 8.41. The molecular formula is C11H21. The quantitative estimate of drug-likeness (QED) is 0.537. The highest BCUT2D eigenvalue weighted by Gasteiger charge is 2.34. The molecule has 65 valence electrons. The molecule has 0 aliphatic heterocycles. The lowest BCUT2D eigenvalue weighted by Gasteiger charge is -2.42. The van der Waals surface area contributed by atoms with E-state index in [1.165, 1.54) is 25.7 Å². The van der Waals surface area contributed by atoms with Crippen molar-refractivity contribution in [3.8, 4) is 0 Å². The van der Waals surface area contributed by atoms with Gasteiger partial charge in [-0.25, -0.2) is 0 Å². The van der Waals surface area contributed by atoms with Crippen molar-refractivity contribution in [3.05, 3.63) is 6.42 Å². The third-order valence-corrected chi connectivity index (χ3v) is 3.09. The molecule has 0 spiro atoms. The van der Waals surface area contributed by atoms with Crippen LogP contribution in [-0.4, -0.2) is 0 Å². The predicted molar refractivity (Wildman–Crippen MR) is 50.3 cm³/mol. The maximum atomic E-state index is 2.48. The fraction of sp³-hybridized carbons (Fsp3) is 0.909. The van der Waals surface area contributed by atoms with E-state index in [0.717, 1.165) is 0 Å². The smallest absolute Gasteiger partial charge is 0.0321 e. The van der Waals surface area contributed by atoms with Crippen molar-refractivity contribution in [2.45, 2.75) is 53.4 Å². The lowest BCUT2D eigenvalue weighted by molar-refractivity contribution is 0.128. The summed E-state index contributed by atoms with van der Waals surface area (Å²) in [4.78, 5) is 0. The highest BCUT2D eigenvalue weighted by atomic mass is 14.4. The summed E-state index contributed by atoms with van der Waals surface area (Å²) in [5.41, 5.74) is 1.16. The Bertz CT molecular complexity index is 135. The van der Waals surface area contributed by atoms with E-state index in [0.29, 0.717) is 10.8 Å². The molecule has 0 heteroatoms. The summed E-state index contributed by atoms with van der Waals surface area (Å²) in [7, 11) is 0. The van der Waals surface area contributed by atoms with Crippen molar-refractivity contribution in [1.29, 1.82) is 0 Å². The monoisotopic (exact) mass is 153 g/mol.